The van der Waals surface area contributed by atoms with Crippen molar-refractivity contribution >= 4 is 39.3 Å². The minimum Gasteiger partial charge on any atom is -0.462 e. The molecule has 1 aliphatic heterocycles. The van der Waals surface area contributed by atoms with Crippen molar-refractivity contribution in [1.82, 2.24) is 9.66 Å². The molecule has 0 amide bonds. The van der Waals surface area contributed by atoms with Crippen molar-refractivity contribution in [1.29, 1.82) is 0 Å². The third-order valence-corrected chi connectivity index (χ3v) is 6.11. The number of carbonyl (C=O) groups is 1. The maximum atomic E-state index is 12.8. The zero-order chi connectivity index (χ0) is 17.6. The Kier molecular flexibility index (Phi) is 4.01. The van der Waals surface area contributed by atoms with Gasteiger partial charge in [0.15, 0.2) is 5.16 Å². The van der Waals surface area contributed by atoms with Crippen molar-refractivity contribution < 1.29 is 9.53 Å². The van der Waals surface area contributed by atoms with Gasteiger partial charge in [-0.25, -0.2) is 9.66 Å². The van der Waals surface area contributed by atoms with E-state index in [0.717, 1.165) is 15.8 Å². The summed E-state index contributed by atoms with van der Waals surface area (Å²) in [6.07, 6.45) is 0.454. The summed E-state index contributed by atoms with van der Waals surface area (Å²) in [6.45, 7) is 1.84. The van der Waals surface area contributed by atoms with Crippen LogP contribution in [0, 0.1) is 0 Å². The molecule has 4 rings (SSSR count). The van der Waals surface area contributed by atoms with E-state index in [-0.39, 0.29) is 22.9 Å². The molecular formula is C17H15N3O3S2. The summed E-state index contributed by atoms with van der Waals surface area (Å²) in [5.41, 5.74) is 1.45. The largest absolute Gasteiger partial charge is 0.462 e. The molecule has 1 fully saturated rings. The van der Waals surface area contributed by atoms with Gasteiger partial charge in [-0.15, -0.1) is 11.3 Å². The molecule has 0 bridgehead atoms. The first-order valence-electron chi connectivity index (χ1n) is 7.76. The van der Waals surface area contributed by atoms with Crippen molar-refractivity contribution in [3.05, 3.63) is 46.1 Å². The minimum atomic E-state index is -0.386. The fourth-order valence-electron chi connectivity index (χ4n) is 2.84. The van der Waals surface area contributed by atoms with Gasteiger partial charge < -0.3 is 10.6 Å². The van der Waals surface area contributed by atoms with Crippen molar-refractivity contribution in [3.63, 3.8) is 0 Å². The number of hydrogen-bond acceptors (Lipinski definition) is 7. The highest BCUT2D eigenvalue weighted by atomic mass is 32.2. The van der Waals surface area contributed by atoms with E-state index in [2.05, 4.69) is 4.98 Å². The van der Waals surface area contributed by atoms with E-state index >= 15 is 0 Å². The summed E-state index contributed by atoms with van der Waals surface area (Å²) >= 11 is 2.58. The van der Waals surface area contributed by atoms with Crippen molar-refractivity contribution in [3.8, 4) is 11.1 Å². The van der Waals surface area contributed by atoms with Gasteiger partial charge in [-0.2, -0.15) is 0 Å². The Balaban J connectivity index is 1.78. The molecule has 8 heteroatoms. The number of carbonyl (C=O) groups excluding carboxylic acids is 1. The summed E-state index contributed by atoms with van der Waals surface area (Å²) in [4.78, 5) is 29.8. The molecule has 0 aliphatic carbocycles. The molecule has 2 aromatic heterocycles. The van der Waals surface area contributed by atoms with Crippen LogP contribution in [-0.2, 0) is 9.53 Å². The van der Waals surface area contributed by atoms with Crippen LogP contribution in [0.15, 0.2) is 45.7 Å². The van der Waals surface area contributed by atoms with Crippen LogP contribution in [0.2, 0.25) is 0 Å². The number of nitrogens with zero attached hydrogens (tertiary/aromatic N) is 2. The molecule has 0 spiro atoms. The molecule has 2 atom stereocenters. The molecule has 0 saturated carbocycles. The Hall–Kier alpha value is -2.32. The molecule has 1 aliphatic rings. The first-order chi connectivity index (χ1) is 12.0. The third-order valence-electron chi connectivity index (χ3n) is 4.07. The number of thioether (sulfide) groups is 1. The van der Waals surface area contributed by atoms with Crippen molar-refractivity contribution in [2.45, 2.75) is 29.9 Å². The molecule has 3 aromatic rings. The number of aromatic nitrogens is 2. The number of cyclic esters (lactones) is 1. The lowest BCUT2D eigenvalue weighted by molar-refractivity contribution is -0.140. The predicted molar refractivity (Wildman–Crippen MR) is 99.3 cm³/mol. The van der Waals surface area contributed by atoms with E-state index in [1.165, 1.54) is 23.1 Å². The lowest BCUT2D eigenvalue weighted by Crippen LogP contribution is -2.30. The topological polar surface area (TPSA) is 87.2 Å². The van der Waals surface area contributed by atoms with E-state index in [4.69, 9.17) is 10.6 Å². The number of rotatable bonds is 3. The molecule has 1 aromatic carbocycles. The fourth-order valence-corrected chi connectivity index (χ4v) is 4.95. The molecule has 25 heavy (non-hydrogen) atoms. The molecule has 1 saturated heterocycles. The molecule has 2 N–H and O–H groups in total. The smallest absolute Gasteiger partial charge is 0.319 e. The monoisotopic (exact) mass is 373 g/mol. The van der Waals surface area contributed by atoms with Gasteiger partial charge in [-0.05, 0) is 12.5 Å². The van der Waals surface area contributed by atoms with Crippen molar-refractivity contribution in [2.24, 2.45) is 0 Å². The number of ether oxygens (including phenoxy) is 1. The average molecular weight is 373 g/mol. The predicted octanol–water partition coefficient (Wildman–Crippen LogP) is 2.63. The zero-order valence-corrected chi connectivity index (χ0v) is 15.0. The quantitative estimate of drug-likeness (QED) is 0.431. The fraction of sp³-hybridized carbons (Fsp3) is 0.235. The third kappa shape index (κ3) is 2.81. The maximum absolute atomic E-state index is 12.8. The Morgan fingerprint density at radius 1 is 1.32 bits per heavy atom. The van der Waals surface area contributed by atoms with Crippen LogP contribution < -0.4 is 11.4 Å². The molecule has 128 valence electrons. The van der Waals surface area contributed by atoms with Gasteiger partial charge in [-0.3, -0.25) is 9.59 Å². The van der Waals surface area contributed by atoms with Gasteiger partial charge in [0.25, 0.3) is 5.56 Å². The van der Waals surface area contributed by atoms with Crippen LogP contribution in [0.4, 0.5) is 0 Å². The zero-order valence-electron chi connectivity index (χ0n) is 13.3. The van der Waals surface area contributed by atoms with Gasteiger partial charge in [0.05, 0.1) is 5.39 Å². The van der Waals surface area contributed by atoms with E-state index in [0.29, 0.717) is 21.8 Å². The molecule has 0 unspecified atom stereocenters. The summed E-state index contributed by atoms with van der Waals surface area (Å²) in [6, 6.07) is 9.66. The standard InChI is InChI=1S/C17H15N3O3S2/c1-9-7-12(16(22)23-9)25-17-19-14-13(15(21)20(17)18)11(8-24-14)10-5-3-2-4-6-10/h2-6,8-9,12H,7,18H2,1H3/t9-,12+/m1/s1. The second-order valence-corrected chi connectivity index (χ2v) is 7.88. The number of hydrogen-bond donors (Lipinski definition) is 1. The second-order valence-electron chi connectivity index (χ2n) is 5.85. The number of thiophene rings is 1. The highest BCUT2D eigenvalue weighted by molar-refractivity contribution is 8.00. The first-order valence-corrected chi connectivity index (χ1v) is 9.52. The number of benzene rings is 1. The van der Waals surface area contributed by atoms with E-state index in [1.807, 2.05) is 42.6 Å². The van der Waals surface area contributed by atoms with Crippen LogP contribution in [0.3, 0.4) is 0 Å². The van der Waals surface area contributed by atoms with E-state index in [9.17, 15) is 9.59 Å². The Bertz CT molecular complexity index is 1010. The first kappa shape index (κ1) is 16.2. The van der Waals surface area contributed by atoms with Crippen LogP contribution in [-0.4, -0.2) is 27.0 Å². The highest BCUT2D eigenvalue weighted by Gasteiger charge is 2.34. The molecule has 6 nitrogen and oxygen atoms in total. The van der Waals surface area contributed by atoms with Gasteiger partial charge in [0.2, 0.25) is 0 Å². The Morgan fingerprint density at radius 3 is 2.76 bits per heavy atom. The number of fused-ring (bicyclic) bond motifs is 1. The number of nitrogen functional groups attached to an aromatic ring is 1. The average Bonchev–Trinajstić information content (AvgIpc) is 3.16. The Morgan fingerprint density at radius 2 is 2.08 bits per heavy atom. The summed E-state index contributed by atoms with van der Waals surface area (Å²) < 4.78 is 6.18. The summed E-state index contributed by atoms with van der Waals surface area (Å²) in [7, 11) is 0. The van der Waals surface area contributed by atoms with Crippen LogP contribution in [0.1, 0.15) is 13.3 Å². The lowest BCUT2D eigenvalue weighted by atomic mass is 10.1. The van der Waals surface area contributed by atoms with Gasteiger partial charge in [0, 0.05) is 17.4 Å². The second kappa shape index (κ2) is 6.20. The summed E-state index contributed by atoms with van der Waals surface area (Å²) in [5.74, 6) is 5.70. The van der Waals surface area contributed by atoms with Crippen molar-refractivity contribution in [2.75, 3.05) is 5.84 Å². The summed E-state index contributed by atoms with van der Waals surface area (Å²) in [5, 5.41) is 2.36. The van der Waals surface area contributed by atoms with E-state index < -0.39 is 0 Å². The van der Waals surface area contributed by atoms with Crippen LogP contribution >= 0.6 is 23.1 Å². The Labute approximate surface area is 151 Å². The minimum absolute atomic E-state index is 0.127. The van der Waals surface area contributed by atoms with Gasteiger partial charge in [0.1, 0.15) is 16.2 Å². The van der Waals surface area contributed by atoms with Gasteiger partial charge in [-0.1, -0.05) is 42.1 Å². The molecule has 0 radical (unpaired) electrons. The number of nitrogens with two attached hydrogens (primary N) is 1. The van der Waals surface area contributed by atoms with Gasteiger partial charge >= 0.3 is 5.97 Å². The highest BCUT2D eigenvalue weighted by Crippen LogP contribution is 2.34. The normalized spacial score (nSPS) is 20.1. The van der Waals surface area contributed by atoms with Crippen LogP contribution in [0.25, 0.3) is 21.3 Å². The molecular weight excluding hydrogens is 358 g/mol. The van der Waals surface area contributed by atoms with E-state index in [1.54, 1.807) is 0 Å². The molecule has 3 heterocycles. The SMILES string of the molecule is C[C@@H]1C[C@H](Sc2nc3scc(-c4ccccc4)c3c(=O)n2N)C(=O)O1. The number of esters is 1. The maximum Gasteiger partial charge on any atom is 0.319 e. The lowest BCUT2D eigenvalue weighted by Gasteiger charge is -2.09. The van der Waals surface area contributed by atoms with Crippen LogP contribution in [0.5, 0.6) is 0 Å².